The van der Waals surface area contributed by atoms with Crippen LogP contribution in [0.2, 0.25) is 0 Å². The van der Waals surface area contributed by atoms with E-state index in [0.29, 0.717) is 0 Å². The summed E-state index contributed by atoms with van der Waals surface area (Å²) in [6.07, 6.45) is 6.09. The molecule has 0 aliphatic rings. The predicted octanol–water partition coefficient (Wildman–Crippen LogP) is -0.352. The quantitative estimate of drug-likeness (QED) is 0.238. The molecule has 0 spiro atoms. The van der Waals surface area contributed by atoms with Gasteiger partial charge in [-0.1, -0.05) is 6.42 Å². The fourth-order valence-electron chi connectivity index (χ4n) is 0.0323. The van der Waals surface area contributed by atoms with Gasteiger partial charge in [-0.05, 0) is 0 Å². The molecular formula is C3H2N2. The third-order valence-corrected chi connectivity index (χ3v) is 0.128. The Kier molecular flexibility index (Phi) is 2.19. The first-order valence-corrected chi connectivity index (χ1v) is 1.01. The van der Waals surface area contributed by atoms with Gasteiger partial charge in [-0.3, -0.25) is 5.32 Å². The molecule has 1 N–H and O–H groups in total. The summed E-state index contributed by atoms with van der Waals surface area (Å²) < 4.78 is 0. The van der Waals surface area contributed by atoms with E-state index in [-0.39, 0.29) is 0 Å². The third-order valence-electron chi connectivity index (χ3n) is 0.128. The van der Waals surface area contributed by atoms with Gasteiger partial charge in [-0.2, -0.15) is 5.26 Å². The van der Waals surface area contributed by atoms with Crippen LogP contribution in [-0.2, 0) is 0 Å². The monoisotopic (exact) mass is 66.0 g/mol. The van der Waals surface area contributed by atoms with Crippen molar-refractivity contribution in [3.05, 3.63) is 0 Å². The highest BCUT2D eigenvalue weighted by molar-refractivity contribution is 4.87. The summed E-state index contributed by atoms with van der Waals surface area (Å²) >= 11 is 0. The fraction of sp³-hybridized carbons (Fsp3) is 0. The number of nitriles is 1. The van der Waals surface area contributed by atoms with Crippen LogP contribution in [0.3, 0.4) is 0 Å². The van der Waals surface area contributed by atoms with Crippen LogP contribution in [-0.4, -0.2) is 0 Å². The molecule has 2 heteroatoms. The molecule has 5 heavy (non-hydrogen) atoms. The first-order chi connectivity index (χ1) is 2.41. The molecule has 0 saturated heterocycles. The smallest absolute Gasteiger partial charge is 0.189 e. The van der Waals surface area contributed by atoms with E-state index < -0.39 is 0 Å². The highest BCUT2D eigenvalue weighted by Gasteiger charge is 1.48. The van der Waals surface area contributed by atoms with Crippen molar-refractivity contribution in [2.75, 3.05) is 0 Å². The zero-order chi connectivity index (χ0) is 4.12. The maximum absolute atomic E-state index is 7.56. The molecule has 24 valence electrons. The lowest BCUT2D eigenvalue weighted by molar-refractivity contribution is 1.26. The van der Waals surface area contributed by atoms with E-state index in [9.17, 15) is 0 Å². The Labute approximate surface area is 30.4 Å². The van der Waals surface area contributed by atoms with Gasteiger partial charge in [0.15, 0.2) is 6.19 Å². The second-order valence-electron chi connectivity index (χ2n) is 0.381. The van der Waals surface area contributed by atoms with Gasteiger partial charge in [-0.25, -0.2) is 0 Å². The molecule has 0 fully saturated rings. The van der Waals surface area contributed by atoms with E-state index >= 15 is 0 Å². The van der Waals surface area contributed by atoms with Crippen molar-refractivity contribution in [3.8, 4) is 18.7 Å². The van der Waals surface area contributed by atoms with Gasteiger partial charge >= 0.3 is 0 Å². The van der Waals surface area contributed by atoms with Crippen LogP contribution in [0.15, 0.2) is 0 Å². The lowest BCUT2D eigenvalue weighted by Crippen LogP contribution is -1.88. The van der Waals surface area contributed by atoms with Crippen LogP contribution in [0.25, 0.3) is 0 Å². The maximum Gasteiger partial charge on any atom is 0.189 e. The van der Waals surface area contributed by atoms with Crippen molar-refractivity contribution >= 4 is 0 Å². The summed E-state index contributed by atoms with van der Waals surface area (Å²) in [5, 5.41) is 9.51. The number of hydrogen-bond donors (Lipinski definition) is 1. The van der Waals surface area contributed by atoms with E-state index in [4.69, 9.17) is 5.26 Å². The number of terminal acetylenes is 1. The fourth-order valence-corrected chi connectivity index (χ4v) is 0.0323. The van der Waals surface area contributed by atoms with Crippen LogP contribution in [0.1, 0.15) is 0 Å². The molecular weight excluding hydrogens is 64.0 g/mol. The van der Waals surface area contributed by atoms with Gasteiger partial charge in [0.1, 0.15) is 0 Å². The number of nitrogens with zero attached hydrogens (tertiary/aromatic N) is 1. The molecule has 0 bridgehead atoms. The van der Waals surface area contributed by atoms with Gasteiger partial charge in [-0.15, -0.1) is 0 Å². The Hall–Kier alpha value is -1.15. The minimum Gasteiger partial charge on any atom is -0.252 e. The molecule has 0 atom stereocenters. The second-order valence-corrected chi connectivity index (χ2v) is 0.381. The van der Waals surface area contributed by atoms with Crippen LogP contribution in [0.5, 0.6) is 0 Å². The molecule has 2 nitrogen and oxygen atoms in total. The average molecular weight is 66.1 g/mol. The SMILES string of the molecule is C#CNC#N. The number of rotatable bonds is 0. The zero-order valence-corrected chi connectivity index (χ0v) is 2.52. The summed E-state index contributed by atoms with van der Waals surface area (Å²) in [4.78, 5) is 0. The Morgan fingerprint density at radius 2 is 2.40 bits per heavy atom. The molecule has 0 aromatic rings. The van der Waals surface area contributed by atoms with Gasteiger partial charge in [0.25, 0.3) is 0 Å². The van der Waals surface area contributed by atoms with Gasteiger partial charge in [0, 0.05) is 6.04 Å². The molecule has 0 rings (SSSR count). The van der Waals surface area contributed by atoms with Gasteiger partial charge in [0.2, 0.25) is 0 Å². The molecule has 0 aliphatic heterocycles. The first-order valence-electron chi connectivity index (χ1n) is 1.01. The molecule has 0 aromatic carbocycles. The highest BCUT2D eigenvalue weighted by Crippen LogP contribution is 1.28. The van der Waals surface area contributed by atoms with Crippen molar-refractivity contribution in [2.45, 2.75) is 0 Å². The molecule has 0 aromatic heterocycles. The van der Waals surface area contributed by atoms with Gasteiger partial charge in [0.05, 0.1) is 0 Å². The van der Waals surface area contributed by atoms with Crippen molar-refractivity contribution in [2.24, 2.45) is 0 Å². The first kappa shape index (κ1) is 3.85. The Morgan fingerprint density at radius 1 is 1.80 bits per heavy atom. The Bertz CT molecular complexity index is 70.0. The van der Waals surface area contributed by atoms with Crippen LogP contribution < -0.4 is 5.32 Å². The van der Waals surface area contributed by atoms with E-state index in [1.54, 1.807) is 0 Å². The second kappa shape index (κ2) is 2.85. The van der Waals surface area contributed by atoms with Gasteiger partial charge < -0.3 is 0 Å². The van der Waals surface area contributed by atoms with E-state index in [1.807, 2.05) is 11.4 Å². The van der Waals surface area contributed by atoms with Crippen molar-refractivity contribution in [1.82, 2.24) is 5.32 Å². The van der Waals surface area contributed by atoms with Crippen LogP contribution in [0, 0.1) is 23.9 Å². The molecule has 0 aliphatic carbocycles. The summed E-state index contributed by atoms with van der Waals surface area (Å²) in [6, 6.07) is 1.91. The lowest BCUT2D eigenvalue weighted by atomic mass is 11.1. The molecule has 0 unspecified atom stereocenters. The number of hydrogen-bond acceptors (Lipinski definition) is 2. The summed E-state index contributed by atoms with van der Waals surface area (Å²) in [5.74, 6) is 0. The standard InChI is InChI=1S/C3H2N2/c1-2-5-3-4/h1,5H. The normalized spacial score (nSPS) is 3.60. The van der Waals surface area contributed by atoms with E-state index in [0.717, 1.165) is 0 Å². The molecule has 0 heterocycles. The lowest BCUT2D eigenvalue weighted by Gasteiger charge is -1.61. The summed E-state index contributed by atoms with van der Waals surface area (Å²) in [6.45, 7) is 0. The van der Waals surface area contributed by atoms with Crippen LogP contribution in [0.4, 0.5) is 0 Å². The topological polar surface area (TPSA) is 35.8 Å². The van der Waals surface area contributed by atoms with Crippen molar-refractivity contribution < 1.29 is 0 Å². The Morgan fingerprint density at radius 3 is 2.40 bits per heavy atom. The average Bonchev–Trinajstić information content (AvgIpc) is 1.41. The highest BCUT2D eigenvalue weighted by atomic mass is 14.8. The van der Waals surface area contributed by atoms with E-state index in [2.05, 4.69) is 6.42 Å². The predicted molar refractivity (Wildman–Crippen MR) is 17.6 cm³/mol. The third kappa shape index (κ3) is 2.85. The molecule has 0 radical (unpaired) electrons. The maximum atomic E-state index is 7.56. The number of nitrogens with one attached hydrogen (secondary N) is 1. The van der Waals surface area contributed by atoms with E-state index in [1.165, 1.54) is 6.19 Å². The van der Waals surface area contributed by atoms with Crippen LogP contribution >= 0.6 is 0 Å². The Balaban J connectivity index is 2.86. The summed E-state index contributed by atoms with van der Waals surface area (Å²) in [5.41, 5.74) is 0. The summed E-state index contributed by atoms with van der Waals surface area (Å²) in [7, 11) is 0. The largest absolute Gasteiger partial charge is 0.252 e. The minimum absolute atomic E-state index is 1.53. The molecule has 0 saturated carbocycles. The molecule has 0 amide bonds. The van der Waals surface area contributed by atoms with Crippen molar-refractivity contribution in [1.29, 1.82) is 5.26 Å². The van der Waals surface area contributed by atoms with Crippen molar-refractivity contribution in [3.63, 3.8) is 0 Å². The minimum atomic E-state index is 1.53. The zero-order valence-electron chi connectivity index (χ0n) is 2.52.